The van der Waals surface area contributed by atoms with Crippen molar-refractivity contribution in [3.63, 3.8) is 0 Å². The normalized spacial score (nSPS) is 17.4. The van der Waals surface area contributed by atoms with Gasteiger partial charge in [-0.25, -0.2) is 14.6 Å². The van der Waals surface area contributed by atoms with Crippen molar-refractivity contribution in [2.24, 2.45) is 53.1 Å². The number of carbonyl (C=O) groups excluding carboxylic acids is 13. The Hall–Kier alpha value is -8.72. The Balaban J connectivity index is 0.000000739. The van der Waals surface area contributed by atoms with Gasteiger partial charge in [-0.15, -0.1) is 11.3 Å². The number of ketones is 4. The number of benzene rings is 2. The van der Waals surface area contributed by atoms with Crippen LogP contribution in [-0.2, 0) is 78.1 Å². The van der Waals surface area contributed by atoms with Crippen molar-refractivity contribution in [2.75, 3.05) is 126 Å². The van der Waals surface area contributed by atoms with E-state index in [9.17, 15) is 67.4 Å². The number of nitrogens with zero attached hydrogens (tertiary/aromatic N) is 7. The van der Waals surface area contributed by atoms with Crippen LogP contribution in [-0.4, -0.2) is 267 Å². The summed E-state index contributed by atoms with van der Waals surface area (Å²) in [5.41, 5.74) is 7.07. The number of aliphatic hydroxyl groups excluding tert-OH is 1. The lowest BCUT2D eigenvalue weighted by Gasteiger charge is -2.40. The lowest BCUT2D eigenvalue weighted by molar-refractivity contribution is -0.146. The van der Waals surface area contributed by atoms with E-state index in [0.717, 1.165) is 47.9 Å². The molecule has 0 aliphatic carbocycles. The minimum Gasteiger partial charge on any atom is -0.431 e. The highest BCUT2D eigenvalue weighted by Gasteiger charge is 2.43. The number of anilines is 1. The number of aromatic nitrogens is 1. The maximum absolute atomic E-state index is 14.5. The topological polar surface area (TPSA) is 386 Å². The van der Waals surface area contributed by atoms with Gasteiger partial charge < -0.3 is 75.6 Å². The van der Waals surface area contributed by atoms with Crippen LogP contribution in [0.4, 0.5) is 15.3 Å². The predicted octanol–water partition coefficient (Wildman–Crippen LogP) is 7.42. The monoisotopic (exact) mass is 1640 g/mol. The molecule has 10 amide bonds. The number of nitrogens with one attached hydrogen (secondary N) is 4. The summed E-state index contributed by atoms with van der Waals surface area (Å²) in [7, 11) is 8.64. The zero-order valence-corrected chi connectivity index (χ0v) is 71.7. The molecular formula is C85H130N12O18S. The van der Waals surface area contributed by atoms with Crippen molar-refractivity contribution in [3.8, 4) is 0 Å². The summed E-state index contributed by atoms with van der Waals surface area (Å²) in [6.45, 7) is 22.0. The van der Waals surface area contributed by atoms with E-state index in [1.165, 1.54) is 55.8 Å². The van der Waals surface area contributed by atoms with E-state index >= 15 is 0 Å². The molecule has 2 saturated heterocycles. The van der Waals surface area contributed by atoms with Crippen LogP contribution in [0.2, 0.25) is 0 Å². The zero-order valence-electron chi connectivity index (χ0n) is 70.8. The number of piperazine rings is 1. The van der Waals surface area contributed by atoms with Gasteiger partial charge in [0.15, 0.2) is 11.6 Å². The van der Waals surface area contributed by atoms with E-state index in [1.54, 1.807) is 55.9 Å². The highest BCUT2D eigenvalue weighted by molar-refractivity contribution is 7.09. The summed E-state index contributed by atoms with van der Waals surface area (Å²) in [6, 6.07) is 13.5. The molecular weight excluding hydrogens is 1510 g/mol. The quantitative estimate of drug-likeness (QED) is 0.0236. The second-order valence-electron chi connectivity index (χ2n) is 31.9. The Bertz CT molecular complexity index is 3670. The number of hydrogen-bond acceptors (Lipinski definition) is 22. The molecule has 3 aromatic rings. The molecule has 3 aliphatic rings. The highest BCUT2D eigenvalue weighted by Crippen LogP contribution is 2.35. The van der Waals surface area contributed by atoms with Gasteiger partial charge in [-0.2, -0.15) is 0 Å². The maximum atomic E-state index is 14.5. The third kappa shape index (κ3) is 31.3. The van der Waals surface area contributed by atoms with E-state index in [4.69, 9.17) is 24.7 Å². The van der Waals surface area contributed by atoms with E-state index in [-0.39, 0.29) is 174 Å². The molecule has 2 fully saturated rings. The number of likely N-dealkylation sites (N-methyl/N-ethyl adjacent to an activating group) is 3. The first-order valence-electron chi connectivity index (χ1n) is 40.8. The van der Waals surface area contributed by atoms with Crippen LogP contribution >= 0.6 is 11.3 Å². The fourth-order valence-corrected chi connectivity index (χ4v) is 15.9. The standard InChI is InChI=1S/C63H100N10O16.C22H30N2O2S/c1-14-42(8)57(50(86-13)36-43(9)74)70(11)60(82)47(39(2)3)38-49(76)56(41(6)7)71(12)63(85)89-58(61(83)72-30-28-69(10)29-31-72)44-17-19-46(20-18-44)67-59(81)45(16-15-25-66-62(64)84)37-48(75)55(40(4)5)68-52(78)24-32-87-34-35-88-33-26-65-51(77)23-27-73-53(79)21-22-54(73)80;1-16(19(15-25)20-9-6-11-24(20)2)21(26)14-18(22-23-10-12-27-22)13-17-7-4-3-5-8-17/h17-22,39-42,45,47,50,55-58H,14-16,23-38H2,1-13H3,(H,65,77)(H,67,81)(H,68,78)(H3,64,66,84);3-5,7-8,10,12,16,18-20,25H,6,9,11,13-15H2,1-2H3/t42-,45+,47-,50+,55-,56-,57-,58?;16-,18-,19-,20+/m01/s1. The summed E-state index contributed by atoms with van der Waals surface area (Å²) in [5.74, 6) is -6.59. The summed E-state index contributed by atoms with van der Waals surface area (Å²) in [6.07, 6.45) is 5.25. The van der Waals surface area contributed by atoms with Crippen LogP contribution in [0.15, 0.2) is 78.3 Å². The van der Waals surface area contributed by atoms with Crippen LogP contribution in [0.25, 0.3) is 0 Å². The van der Waals surface area contributed by atoms with E-state index in [2.05, 4.69) is 55.2 Å². The maximum Gasteiger partial charge on any atom is 0.411 e. The van der Waals surface area contributed by atoms with Gasteiger partial charge in [-0.3, -0.25) is 57.6 Å². The zero-order chi connectivity index (χ0) is 85.9. The summed E-state index contributed by atoms with van der Waals surface area (Å²) >= 11 is 1.62. The van der Waals surface area contributed by atoms with Crippen molar-refractivity contribution in [2.45, 2.75) is 189 Å². The molecule has 0 saturated carbocycles. The van der Waals surface area contributed by atoms with Gasteiger partial charge in [0.25, 0.3) is 17.7 Å². The molecule has 1 aromatic heterocycles. The molecule has 30 nitrogen and oxygen atoms in total. The minimum absolute atomic E-state index is 0.0121. The molecule has 1 unspecified atom stereocenters. The third-order valence-electron chi connectivity index (χ3n) is 22.2. The largest absolute Gasteiger partial charge is 0.431 e. The second-order valence-corrected chi connectivity index (χ2v) is 32.8. The van der Waals surface area contributed by atoms with Crippen LogP contribution in [0.1, 0.15) is 168 Å². The van der Waals surface area contributed by atoms with Gasteiger partial charge in [0, 0.05) is 183 Å². The Morgan fingerprint density at radius 2 is 1.38 bits per heavy atom. The van der Waals surface area contributed by atoms with Gasteiger partial charge in [-0.1, -0.05) is 111 Å². The number of likely N-dealkylation sites (tertiary alicyclic amines) is 1. The number of thiazole rings is 1. The van der Waals surface area contributed by atoms with Crippen molar-refractivity contribution >= 4 is 93.6 Å². The number of amides is 10. The predicted molar refractivity (Wildman–Crippen MR) is 441 cm³/mol. The molecule has 0 radical (unpaired) electrons. The number of nitrogens with two attached hydrogens (primary N) is 1. The molecule has 116 heavy (non-hydrogen) atoms. The Morgan fingerprint density at radius 1 is 0.724 bits per heavy atom. The van der Waals surface area contributed by atoms with Crippen LogP contribution in [0.5, 0.6) is 0 Å². The fraction of sp³-hybridized carbons (Fsp3) is 0.647. The number of imide groups is 1. The molecule has 3 aliphatic heterocycles. The fourth-order valence-electron chi connectivity index (χ4n) is 15.2. The smallest absolute Gasteiger partial charge is 0.411 e. The van der Waals surface area contributed by atoms with Gasteiger partial charge >= 0.3 is 12.1 Å². The van der Waals surface area contributed by atoms with Gasteiger partial charge in [-0.05, 0) is 101 Å². The number of Topliss-reactive ketones (excluding diaryl/α,β-unsaturated/α-hetero) is 4. The van der Waals surface area contributed by atoms with Crippen LogP contribution in [0.3, 0.4) is 0 Å². The Morgan fingerprint density at radius 3 is 1.94 bits per heavy atom. The number of carbonyl (C=O) groups is 13. The van der Waals surface area contributed by atoms with Crippen molar-refractivity contribution in [3.05, 3.63) is 94.5 Å². The average Bonchev–Trinajstić information content (AvgIpc) is 1.58. The van der Waals surface area contributed by atoms with Crippen LogP contribution in [0, 0.1) is 47.3 Å². The SMILES string of the molecule is CC[C@H](C)[C@@H]([C@@H](CC(C)=O)OC)N(C)C(=O)[C@@H](CC(=O)[C@H](C(C)C)N(C)C(=O)OC(C(=O)N1CCN(C)CC1)c1ccc(NC(=O)[C@H](CCCNC(N)=O)CC(=O)[C@@H](NC(=O)CCOCCOCCNC(=O)CCN2C(=O)C=CC2=O)C(C)C)cc1)C(C)C.C[C@@H](C(=O)C[C@@H](Cc1ccccc1)c1nccs1)[C@@H](CO)[C@@H]1CCCN1C. The second kappa shape index (κ2) is 50.1. The third-order valence-corrected chi connectivity index (χ3v) is 23.1. The van der Waals surface area contributed by atoms with Gasteiger partial charge in [0.1, 0.15) is 11.6 Å². The van der Waals surface area contributed by atoms with Gasteiger partial charge in [0.05, 0.1) is 55.7 Å². The van der Waals surface area contributed by atoms with Crippen molar-refractivity contribution in [1.29, 1.82) is 0 Å². The number of urea groups is 1. The molecule has 31 heteroatoms. The average molecular weight is 1640 g/mol. The minimum atomic E-state index is -1.48. The van der Waals surface area contributed by atoms with Crippen molar-refractivity contribution in [1.82, 2.24) is 50.3 Å². The Kier molecular flexibility index (Phi) is 42.3. The number of hydrogen-bond donors (Lipinski definition) is 6. The number of ether oxygens (including phenoxy) is 4. The summed E-state index contributed by atoms with van der Waals surface area (Å²) in [4.78, 5) is 186. The lowest BCUT2D eigenvalue weighted by Crippen LogP contribution is -2.53. The lowest BCUT2D eigenvalue weighted by atomic mass is 9.80. The first-order chi connectivity index (χ1) is 55.1. The molecule has 0 spiro atoms. The first-order valence-corrected chi connectivity index (χ1v) is 41.7. The Labute approximate surface area is 689 Å². The van der Waals surface area contributed by atoms with Crippen LogP contribution < -0.4 is 27.0 Å². The molecule has 4 heterocycles. The number of aliphatic hydroxyl groups is 1. The summed E-state index contributed by atoms with van der Waals surface area (Å²) in [5, 5.41) is 23.8. The van der Waals surface area contributed by atoms with Crippen molar-refractivity contribution < 1.29 is 86.4 Å². The molecule has 7 N–H and O–H groups in total. The molecule has 6 rings (SSSR count). The highest BCUT2D eigenvalue weighted by atomic mass is 32.1. The number of primary amides is 1. The van der Waals surface area contributed by atoms with E-state index in [0.29, 0.717) is 45.1 Å². The molecule has 0 bridgehead atoms. The molecule has 2 aromatic carbocycles. The van der Waals surface area contributed by atoms with Gasteiger partial charge in [0.2, 0.25) is 29.7 Å². The molecule has 644 valence electrons. The summed E-state index contributed by atoms with van der Waals surface area (Å²) < 4.78 is 22.9. The first kappa shape index (κ1) is 97.9. The van der Waals surface area contributed by atoms with E-state index in [1.807, 2.05) is 71.4 Å². The van der Waals surface area contributed by atoms with E-state index < -0.39 is 95.5 Å². The number of rotatable bonds is 49. The molecule has 12 atom stereocenters. The number of methoxy groups -OCH3 is 1.